The van der Waals surface area contributed by atoms with Crippen LogP contribution in [-0.4, -0.2) is 10.8 Å². The van der Waals surface area contributed by atoms with Gasteiger partial charge in [0.15, 0.2) is 0 Å². The fraction of sp³-hybridized carbons (Fsp3) is 0.176. The van der Waals surface area contributed by atoms with Gasteiger partial charge in [0.25, 0.3) is 0 Å². The summed E-state index contributed by atoms with van der Waals surface area (Å²) in [4.78, 5) is 5.46. The van der Waals surface area contributed by atoms with Gasteiger partial charge >= 0.3 is 0 Å². The van der Waals surface area contributed by atoms with Gasteiger partial charge in [-0.1, -0.05) is 49.4 Å². The molecule has 106 valence electrons. The van der Waals surface area contributed by atoms with Crippen molar-refractivity contribution in [2.24, 2.45) is 5.73 Å². The first kappa shape index (κ1) is 13.8. The van der Waals surface area contributed by atoms with Crippen molar-refractivity contribution >= 4 is 27.9 Å². The van der Waals surface area contributed by atoms with E-state index in [0.717, 1.165) is 28.4 Å². The van der Waals surface area contributed by atoms with Crippen LogP contribution < -0.4 is 5.73 Å². The third-order valence-corrected chi connectivity index (χ3v) is 4.67. The number of aromatic nitrogens is 1. The number of rotatable bonds is 4. The zero-order valence-electron chi connectivity index (χ0n) is 11.9. The Balaban J connectivity index is 2.01. The lowest BCUT2D eigenvalue weighted by Gasteiger charge is -2.04. The average Bonchev–Trinajstić information content (AvgIpc) is 2.91. The summed E-state index contributed by atoms with van der Waals surface area (Å²) < 4.78 is 0. The first-order valence-electron chi connectivity index (χ1n) is 6.98. The molecule has 21 heavy (non-hydrogen) atoms. The SMILES string of the molecule is CCc1nc(Cc2cccc3ccccc23)sc1C(=N)N. The second-order valence-corrected chi connectivity index (χ2v) is 6.05. The minimum Gasteiger partial charge on any atom is -0.383 e. The maximum absolute atomic E-state index is 7.65. The lowest BCUT2D eigenvalue weighted by atomic mass is 10.0. The highest BCUT2D eigenvalue weighted by Gasteiger charge is 2.13. The largest absolute Gasteiger partial charge is 0.383 e. The summed E-state index contributed by atoms with van der Waals surface area (Å²) in [6.45, 7) is 2.04. The molecule has 0 amide bonds. The summed E-state index contributed by atoms with van der Waals surface area (Å²) in [5.41, 5.74) is 7.84. The highest BCUT2D eigenvalue weighted by atomic mass is 32.1. The van der Waals surface area contributed by atoms with Crippen LogP contribution in [0.15, 0.2) is 42.5 Å². The van der Waals surface area contributed by atoms with Crippen molar-refractivity contribution in [1.29, 1.82) is 5.41 Å². The number of benzene rings is 2. The predicted molar refractivity (Wildman–Crippen MR) is 89.3 cm³/mol. The van der Waals surface area contributed by atoms with Crippen LogP contribution in [0.25, 0.3) is 10.8 Å². The Morgan fingerprint density at radius 3 is 2.67 bits per heavy atom. The van der Waals surface area contributed by atoms with Gasteiger partial charge in [0, 0.05) is 6.42 Å². The van der Waals surface area contributed by atoms with Gasteiger partial charge < -0.3 is 5.73 Å². The van der Waals surface area contributed by atoms with Gasteiger partial charge in [-0.25, -0.2) is 4.98 Å². The van der Waals surface area contributed by atoms with Crippen LogP contribution in [-0.2, 0) is 12.8 Å². The second kappa shape index (κ2) is 5.66. The number of hydrogen-bond donors (Lipinski definition) is 2. The molecule has 0 fully saturated rings. The van der Waals surface area contributed by atoms with Gasteiger partial charge in [-0.05, 0) is 22.8 Å². The van der Waals surface area contributed by atoms with Gasteiger partial charge in [0.1, 0.15) is 5.84 Å². The van der Waals surface area contributed by atoms with E-state index >= 15 is 0 Å². The molecule has 0 aliphatic rings. The molecule has 3 aromatic rings. The number of fused-ring (bicyclic) bond motifs is 1. The Bertz CT molecular complexity index is 799. The molecule has 1 heterocycles. The molecule has 0 bridgehead atoms. The quantitative estimate of drug-likeness (QED) is 0.569. The molecule has 2 aromatic carbocycles. The van der Waals surface area contributed by atoms with E-state index in [0.29, 0.717) is 0 Å². The normalized spacial score (nSPS) is 10.9. The number of nitrogens with two attached hydrogens (primary N) is 1. The number of nitrogens with zero attached hydrogens (tertiary/aromatic N) is 1. The summed E-state index contributed by atoms with van der Waals surface area (Å²) >= 11 is 1.53. The van der Waals surface area contributed by atoms with Gasteiger partial charge in [0.05, 0.1) is 15.6 Å². The number of amidine groups is 1. The van der Waals surface area contributed by atoms with Crippen LogP contribution in [0.5, 0.6) is 0 Å². The van der Waals surface area contributed by atoms with Gasteiger partial charge in [-0.2, -0.15) is 0 Å². The van der Waals surface area contributed by atoms with Crippen LogP contribution in [0, 0.1) is 5.41 Å². The van der Waals surface area contributed by atoms with E-state index in [1.165, 1.54) is 27.7 Å². The molecule has 0 aliphatic heterocycles. The summed E-state index contributed by atoms with van der Waals surface area (Å²) in [6.07, 6.45) is 1.59. The third-order valence-electron chi connectivity index (χ3n) is 3.54. The maximum atomic E-state index is 7.65. The van der Waals surface area contributed by atoms with E-state index in [9.17, 15) is 0 Å². The molecule has 3 nitrogen and oxygen atoms in total. The number of aryl methyl sites for hydroxylation is 1. The summed E-state index contributed by atoms with van der Waals surface area (Å²) in [7, 11) is 0. The molecular weight excluding hydrogens is 278 g/mol. The van der Waals surface area contributed by atoms with Crippen molar-refractivity contribution in [1.82, 2.24) is 4.98 Å². The van der Waals surface area contributed by atoms with Gasteiger partial charge in [0.2, 0.25) is 0 Å². The molecule has 0 spiro atoms. The minimum absolute atomic E-state index is 0.119. The standard InChI is InChI=1S/C17H17N3S/c1-2-14-16(17(18)19)21-15(20-14)10-12-8-5-7-11-6-3-4-9-13(11)12/h3-9H,2,10H2,1H3,(H3,18,19). The number of nitrogen functional groups attached to an aromatic ring is 1. The van der Waals surface area contributed by atoms with E-state index in [-0.39, 0.29) is 5.84 Å². The molecule has 0 saturated carbocycles. The highest BCUT2D eigenvalue weighted by molar-refractivity contribution is 7.13. The van der Waals surface area contributed by atoms with Crippen molar-refractivity contribution in [3.8, 4) is 0 Å². The fourth-order valence-corrected chi connectivity index (χ4v) is 3.57. The second-order valence-electron chi connectivity index (χ2n) is 4.97. The monoisotopic (exact) mass is 295 g/mol. The molecule has 3 rings (SSSR count). The summed E-state index contributed by atoms with van der Waals surface area (Å²) in [5.74, 6) is 0.119. The van der Waals surface area contributed by atoms with Crippen molar-refractivity contribution in [3.63, 3.8) is 0 Å². The number of nitrogens with one attached hydrogen (secondary N) is 1. The Hall–Kier alpha value is -2.20. The van der Waals surface area contributed by atoms with E-state index in [1.54, 1.807) is 0 Å². The Morgan fingerprint density at radius 2 is 1.95 bits per heavy atom. The molecule has 0 unspecified atom stereocenters. The number of hydrogen-bond acceptors (Lipinski definition) is 3. The number of thiazole rings is 1. The first-order chi connectivity index (χ1) is 10.2. The lowest BCUT2D eigenvalue weighted by Crippen LogP contribution is -2.11. The molecule has 1 aromatic heterocycles. The molecule has 0 saturated heterocycles. The smallest absolute Gasteiger partial charge is 0.135 e. The predicted octanol–water partition coefficient (Wildman–Crippen LogP) is 3.73. The molecule has 0 radical (unpaired) electrons. The first-order valence-corrected chi connectivity index (χ1v) is 7.80. The van der Waals surface area contributed by atoms with Crippen molar-refractivity contribution < 1.29 is 0 Å². The Kier molecular flexibility index (Phi) is 3.71. The van der Waals surface area contributed by atoms with Crippen LogP contribution in [0.1, 0.15) is 28.1 Å². The van der Waals surface area contributed by atoms with Crippen LogP contribution in [0.2, 0.25) is 0 Å². The minimum atomic E-state index is 0.119. The Morgan fingerprint density at radius 1 is 1.19 bits per heavy atom. The van der Waals surface area contributed by atoms with E-state index in [4.69, 9.17) is 11.1 Å². The zero-order valence-corrected chi connectivity index (χ0v) is 12.7. The molecule has 3 N–H and O–H groups in total. The lowest BCUT2D eigenvalue weighted by molar-refractivity contribution is 1.02. The molecule has 0 aliphatic carbocycles. The van der Waals surface area contributed by atoms with Crippen LogP contribution in [0.4, 0.5) is 0 Å². The van der Waals surface area contributed by atoms with Crippen molar-refractivity contribution in [3.05, 3.63) is 63.6 Å². The van der Waals surface area contributed by atoms with E-state index < -0.39 is 0 Å². The van der Waals surface area contributed by atoms with Crippen molar-refractivity contribution in [2.75, 3.05) is 0 Å². The summed E-state index contributed by atoms with van der Waals surface area (Å²) in [6, 6.07) is 14.7. The molecule has 4 heteroatoms. The maximum Gasteiger partial charge on any atom is 0.135 e. The fourth-order valence-electron chi connectivity index (χ4n) is 2.54. The Labute approximate surface area is 128 Å². The van der Waals surface area contributed by atoms with Crippen LogP contribution >= 0.6 is 11.3 Å². The van der Waals surface area contributed by atoms with Crippen molar-refractivity contribution in [2.45, 2.75) is 19.8 Å². The van der Waals surface area contributed by atoms with E-state index in [2.05, 4.69) is 47.4 Å². The topological polar surface area (TPSA) is 62.8 Å². The third kappa shape index (κ3) is 2.67. The van der Waals surface area contributed by atoms with Gasteiger partial charge in [-0.3, -0.25) is 5.41 Å². The summed E-state index contributed by atoms with van der Waals surface area (Å²) in [5, 5.41) is 11.2. The van der Waals surface area contributed by atoms with Gasteiger partial charge in [-0.15, -0.1) is 11.3 Å². The molecular formula is C17H17N3S. The van der Waals surface area contributed by atoms with Crippen LogP contribution in [0.3, 0.4) is 0 Å². The molecule has 0 atom stereocenters. The zero-order chi connectivity index (χ0) is 14.8. The average molecular weight is 295 g/mol. The van der Waals surface area contributed by atoms with E-state index in [1.807, 2.05) is 6.92 Å². The highest BCUT2D eigenvalue weighted by Crippen LogP contribution is 2.25.